The molecule has 152 valence electrons. The summed E-state index contributed by atoms with van der Waals surface area (Å²) in [5, 5.41) is 3.23. The minimum Gasteiger partial charge on any atom is -0.343 e. The zero-order valence-corrected chi connectivity index (χ0v) is 17.1. The molecule has 0 saturated heterocycles. The first-order valence-electron chi connectivity index (χ1n) is 10.4. The van der Waals surface area contributed by atoms with Gasteiger partial charge in [0, 0.05) is 11.8 Å². The maximum Gasteiger partial charge on any atom is 0.251 e. The lowest BCUT2D eigenvalue weighted by atomic mass is 9.93. The van der Waals surface area contributed by atoms with E-state index in [1.165, 1.54) is 0 Å². The molecule has 1 amide bonds. The summed E-state index contributed by atoms with van der Waals surface area (Å²) in [5.74, 6) is -0.120. The number of benzene rings is 4. The Hall–Kier alpha value is -3.98. The molecule has 4 aromatic rings. The molecule has 3 heteroatoms. The zero-order chi connectivity index (χ0) is 21.3. The highest BCUT2D eigenvalue weighted by Crippen LogP contribution is 2.32. The normalized spacial score (nSPS) is 12.9. The summed E-state index contributed by atoms with van der Waals surface area (Å²) in [4.78, 5) is 18.0. The summed E-state index contributed by atoms with van der Waals surface area (Å²) in [6.07, 6.45) is 1.88. The molecule has 31 heavy (non-hydrogen) atoms. The van der Waals surface area contributed by atoms with Gasteiger partial charge in [0.2, 0.25) is 0 Å². The summed E-state index contributed by atoms with van der Waals surface area (Å²) in [6.45, 7) is 0. The second-order valence-electron chi connectivity index (χ2n) is 7.27. The number of amides is 1. The summed E-state index contributed by atoms with van der Waals surface area (Å²) >= 11 is 0. The van der Waals surface area contributed by atoms with Crippen LogP contribution in [0.4, 0.5) is 0 Å². The maximum absolute atomic E-state index is 13.1. The molecule has 0 aliphatic carbocycles. The Labute approximate surface area is 183 Å². The first-order chi connectivity index (χ1) is 15.3. The van der Waals surface area contributed by atoms with Crippen molar-refractivity contribution >= 4 is 12.1 Å². The number of rotatable bonds is 7. The number of nitrogens with zero attached hydrogens (tertiary/aromatic N) is 1. The van der Waals surface area contributed by atoms with Crippen LogP contribution in [0.2, 0.25) is 0 Å². The van der Waals surface area contributed by atoms with Crippen molar-refractivity contribution in [2.45, 2.75) is 12.1 Å². The molecule has 0 spiro atoms. The Balaban J connectivity index is 1.74. The molecule has 1 N–H and O–H groups in total. The molecule has 0 radical (unpaired) electrons. The lowest BCUT2D eigenvalue weighted by Crippen LogP contribution is -2.32. The molecule has 4 rings (SSSR count). The van der Waals surface area contributed by atoms with Crippen molar-refractivity contribution in [3.8, 4) is 0 Å². The van der Waals surface area contributed by atoms with Gasteiger partial charge in [0.05, 0.1) is 12.1 Å². The fourth-order valence-corrected chi connectivity index (χ4v) is 3.54. The molecule has 0 aromatic heterocycles. The van der Waals surface area contributed by atoms with Crippen molar-refractivity contribution in [2.24, 2.45) is 4.99 Å². The van der Waals surface area contributed by atoms with Crippen LogP contribution in [0.5, 0.6) is 0 Å². The summed E-state index contributed by atoms with van der Waals surface area (Å²) in [6, 6.07) is 38.8. The van der Waals surface area contributed by atoms with Crippen molar-refractivity contribution in [3.05, 3.63) is 144 Å². The van der Waals surface area contributed by atoms with E-state index in [9.17, 15) is 4.79 Å². The number of nitrogens with one attached hydrogen (secondary N) is 1. The Morgan fingerprint density at radius 1 is 0.645 bits per heavy atom. The van der Waals surface area contributed by atoms with E-state index in [4.69, 9.17) is 4.99 Å². The monoisotopic (exact) mass is 404 g/mol. The molecule has 0 heterocycles. The van der Waals surface area contributed by atoms with Crippen LogP contribution in [0.15, 0.2) is 126 Å². The minimum absolute atomic E-state index is 0.120. The first-order valence-corrected chi connectivity index (χ1v) is 10.4. The average Bonchev–Trinajstić information content (AvgIpc) is 2.86. The largest absolute Gasteiger partial charge is 0.343 e. The fourth-order valence-electron chi connectivity index (χ4n) is 3.54. The van der Waals surface area contributed by atoms with Crippen molar-refractivity contribution < 1.29 is 4.79 Å². The van der Waals surface area contributed by atoms with Crippen LogP contribution in [0.1, 0.15) is 39.1 Å². The molecule has 2 unspecified atom stereocenters. The predicted octanol–water partition coefficient (Wildman–Crippen LogP) is 6.02. The molecule has 0 saturated carbocycles. The second-order valence-corrected chi connectivity index (χ2v) is 7.27. The van der Waals surface area contributed by atoms with E-state index in [2.05, 4.69) is 17.4 Å². The summed E-state index contributed by atoms with van der Waals surface area (Å²) in [5.41, 5.74) is 3.69. The molecule has 3 nitrogen and oxygen atoms in total. The van der Waals surface area contributed by atoms with Gasteiger partial charge in [0.1, 0.15) is 0 Å². The summed E-state index contributed by atoms with van der Waals surface area (Å²) < 4.78 is 0. The summed E-state index contributed by atoms with van der Waals surface area (Å²) in [7, 11) is 0. The standard InChI is InChI=1S/C28H24N2O/c31-28(25-19-11-4-12-20-25)30-27(24-17-9-3-10-18-24)26(23-15-7-2-8-16-23)29-21-22-13-5-1-6-14-22/h1-21,26-27H,(H,30,31)/b29-21+. The Kier molecular flexibility index (Phi) is 6.66. The van der Waals surface area contributed by atoms with Crippen LogP contribution < -0.4 is 5.32 Å². The first kappa shape index (κ1) is 20.3. The van der Waals surface area contributed by atoms with Crippen LogP contribution in [-0.4, -0.2) is 12.1 Å². The molecule has 2 atom stereocenters. The fraction of sp³-hybridized carbons (Fsp3) is 0.0714. The van der Waals surface area contributed by atoms with Crippen molar-refractivity contribution in [1.29, 1.82) is 0 Å². The lowest BCUT2D eigenvalue weighted by Gasteiger charge is -2.26. The van der Waals surface area contributed by atoms with E-state index in [0.717, 1.165) is 16.7 Å². The third-order valence-corrected chi connectivity index (χ3v) is 5.12. The topological polar surface area (TPSA) is 41.5 Å². The predicted molar refractivity (Wildman–Crippen MR) is 126 cm³/mol. The SMILES string of the molecule is O=C(NC(c1ccccc1)C(/N=C/c1ccccc1)c1ccccc1)c1ccccc1. The number of carbonyl (C=O) groups excluding carboxylic acids is 1. The highest BCUT2D eigenvalue weighted by Gasteiger charge is 2.26. The highest BCUT2D eigenvalue weighted by molar-refractivity contribution is 5.94. The third-order valence-electron chi connectivity index (χ3n) is 5.12. The number of hydrogen-bond donors (Lipinski definition) is 1. The lowest BCUT2D eigenvalue weighted by molar-refractivity contribution is 0.0930. The molecule has 0 fully saturated rings. The number of hydrogen-bond acceptors (Lipinski definition) is 2. The Bertz CT molecular complexity index is 1110. The van der Waals surface area contributed by atoms with Crippen molar-refractivity contribution in [2.75, 3.05) is 0 Å². The Morgan fingerprint density at radius 2 is 1.13 bits per heavy atom. The zero-order valence-electron chi connectivity index (χ0n) is 17.1. The van der Waals surface area contributed by atoms with E-state index < -0.39 is 0 Å². The molecular weight excluding hydrogens is 380 g/mol. The maximum atomic E-state index is 13.1. The smallest absolute Gasteiger partial charge is 0.251 e. The van der Waals surface area contributed by atoms with Gasteiger partial charge in [0.25, 0.3) is 5.91 Å². The van der Waals surface area contributed by atoms with E-state index in [-0.39, 0.29) is 18.0 Å². The van der Waals surface area contributed by atoms with Gasteiger partial charge >= 0.3 is 0 Å². The average molecular weight is 405 g/mol. The van der Waals surface area contributed by atoms with Crippen LogP contribution >= 0.6 is 0 Å². The quantitative estimate of drug-likeness (QED) is 0.376. The van der Waals surface area contributed by atoms with E-state index in [0.29, 0.717) is 5.56 Å². The van der Waals surface area contributed by atoms with Gasteiger partial charge < -0.3 is 5.32 Å². The van der Waals surface area contributed by atoms with E-state index >= 15 is 0 Å². The minimum atomic E-state index is -0.323. The van der Waals surface area contributed by atoms with Crippen molar-refractivity contribution in [3.63, 3.8) is 0 Å². The van der Waals surface area contributed by atoms with Gasteiger partial charge in [-0.3, -0.25) is 9.79 Å². The molecular formula is C28H24N2O. The van der Waals surface area contributed by atoms with Crippen molar-refractivity contribution in [1.82, 2.24) is 5.32 Å². The van der Waals surface area contributed by atoms with Gasteiger partial charge in [-0.25, -0.2) is 0 Å². The van der Waals surface area contributed by atoms with E-state index in [1.807, 2.05) is 115 Å². The van der Waals surface area contributed by atoms with Crippen LogP contribution in [0.25, 0.3) is 0 Å². The molecule has 0 bridgehead atoms. The van der Waals surface area contributed by atoms with Gasteiger partial charge in [-0.2, -0.15) is 0 Å². The van der Waals surface area contributed by atoms with Crippen LogP contribution in [0.3, 0.4) is 0 Å². The van der Waals surface area contributed by atoms with Crippen LogP contribution in [0, 0.1) is 0 Å². The van der Waals surface area contributed by atoms with Gasteiger partial charge in [-0.1, -0.05) is 109 Å². The van der Waals surface area contributed by atoms with E-state index in [1.54, 1.807) is 0 Å². The third kappa shape index (κ3) is 5.34. The molecule has 0 aliphatic rings. The highest BCUT2D eigenvalue weighted by atomic mass is 16.1. The number of carbonyl (C=O) groups is 1. The Morgan fingerprint density at radius 3 is 1.71 bits per heavy atom. The number of aliphatic imine (C=N–C) groups is 1. The molecule has 4 aromatic carbocycles. The van der Waals surface area contributed by atoms with Gasteiger partial charge in [0.15, 0.2) is 0 Å². The van der Waals surface area contributed by atoms with Crippen LogP contribution in [-0.2, 0) is 0 Å². The molecule has 0 aliphatic heterocycles. The van der Waals surface area contributed by atoms with Gasteiger partial charge in [-0.15, -0.1) is 0 Å². The second kappa shape index (κ2) is 10.2. The van der Waals surface area contributed by atoms with Gasteiger partial charge in [-0.05, 0) is 28.8 Å².